The Morgan fingerprint density at radius 1 is 1.41 bits per heavy atom. The average molecular weight is 313 g/mol. The van der Waals surface area contributed by atoms with Crippen molar-refractivity contribution in [2.75, 3.05) is 0 Å². The van der Waals surface area contributed by atoms with Crippen LogP contribution in [-0.2, 0) is 6.42 Å². The molecule has 0 aliphatic rings. The second-order valence-corrected chi connectivity index (χ2v) is 6.07. The topological polar surface area (TPSA) is 46.0 Å². The van der Waals surface area contributed by atoms with E-state index in [2.05, 4.69) is 25.9 Å². The molecule has 0 aliphatic carbocycles. The van der Waals surface area contributed by atoms with Crippen LogP contribution < -0.4 is 0 Å². The van der Waals surface area contributed by atoms with Crippen molar-refractivity contribution in [2.24, 2.45) is 0 Å². The minimum Gasteiger partial charge on any atom is -0.386 e. The Morgan fingerprint density at radius 2 is 2.18 bits per heavy atom. The van der Waals surface area contributed by atoms with Crippen LogP contribution >= 0.6 is 27.3 Å². The van der Waals surface area contributed by atoms with Crippen molar-refractivity contribution in [3.8, 4) is 0 Å². The van der Waals surface area contributed by atoms with E-state index in [1.165, 1.54) is 4.88 Å². The molecule has 1 N–H and O–H groups in total. The molecule has 0 aromatic carbocycles. The maximum Gasteiger partial charge on any atom is 0.102 e. The first-order valence-corrected chi connectivity index (χ1v) is 6.89. The third-order valence-electron chi connectivity index (χ3n) is 2.53. The zero-order valence-electron chi connectivity index (χ0n) is 9.64. The number of pyridine rings is 1. The summed E-state index contributed by atoms with van der Waals surface area (Å²) in [7, 11) is 0. The van der Waals surface area contributed by atoms with Gasteiger partial charge in [0.05, 0.1) is 16.4 Å². The predicted octanol–water partition coefficient (Wildman–Crippen LogP) is 3.19. The SMILES string of the molecule is Cc1nc(CC(O)c2ccc(Br)cn2)sc1C. The minimum atomic E-state index is -0.590. The number of aryl methyl sites for hydroxylation is 2. The van der Waals surface area contributed by atoms with Gasteiger partial charge in [-0.05, 0) is 41.9 Å². The molecule has 2 aromatic rings. The van der Waals surface area contributed by atoms with Gasteiger partial charge in [0, 0.05) is 22.0 Å². The van der Waals surface area contributed by atoms with Crippen molar-refractivity contribution in [1.29, 1.82) is 0 Å². The maximum absolute atomic E-state index is 10.1. The molecule has 0 saturated carbocycles. The number of hydrogen-bond donors (Lipinski definition) is 1. The molecule has 2 aromatic heterocycles. The Morgan fingerprint density at radius 3 is 2.71 bits per heavy atom. The fourth-order valence-electron chi connectivity index (χ4n) is 1.48. The first-order chi connectivity index (χ1) is 8.06. The molecule has 1 atom stereocenters. The predicted molar refractivity (Wildman–Crippen MR) is 72.2 cm³/mol. The molecule has 1 unspecified atom stereocenters. The van der Waals surface area contributed by atoms with Crippen LogP contribution in [0.5, 0.6) is 0 Å². The third kappa shape index (κ3) is 3.12. The highest BCUT2D eigenvalue weighted by Crippen LogP contribution is 2.23. The number of nitrogens with zero attached hydrogens (tertiary/aromatic N) is 2. The lowest BCUT2D eigenvalue weighted by Crippen LogP contribution is -2.03. The van der Waals surface area contributed by atoms with E-state index in [4.69, 9.17) is 0 Å². The van der Waals surface area contributed by atoms with Crippen LogP contribution in [0.2, 0.25) is 0 Å². The van der Waals surface area contributed by atoms with Gasteiger partial charge in [0.15, 0.2) is 0 Å². The molecule has 2 heterocycles. The normalized spacial score (nSPS) is 12.7. The lowest BCUT2D eigenvalue weighted by Gasteiger charge is -2.07. The molecule has 90 valence electrons. The lowest BCUT2D eigenvalue weighted by atomic mass is 10.2. The molecule has 5 heteroatoms. The molecule has 0 fully saturated rings. The molecule has 0 amide bonds. The smallest absolute Gasteiger partial charge is 0.102 e. The van der Waals surface area contributed by atoms with Gasteiger partial charge >= 0.3 is 0 Å². The number of aliphatic hydroxyl groups excluding tert-OH is 1. The van der Waals surface area contributed by atoms with Gasteiger partial charge in [-0.1, -0.05) is 0 Å². The molecule has 0 saturated heterocycles. The highest BCUT2D eigenvalue weighted by atomic mass is 79.9. The van der Waals surface area contributed by atoms with Crippen molar-refractivity contribution in [1.82, 2.24) is 9.97 Å². The number of thiazole rings is 1. The first-order valence-electron chi connectivity index (χ1n) is 5.28. The standard InChI is InChI=1S/C12H13BrN2OS/c1-7-8(2)17-12(15-7)5-11(16)10-4-3-9(13)6-14-10/h3-4,6,11,16H,5H2,1-2H3. The highest BCUT2D eigenvalue weighted by molar-refractivity contribution is 9.10. The zero-order valence-corrected chi connectivity index (χ0v) is 12.0. The maximum atomic E-state index is 10.1. The second kappa shape index (κ2) is 5.25. The van der Waals surface area contributed by atoms with E-state index in [1.54, 1.807) is 17.5 Å². The number of rotatable bonds is 3. The molecule has 0 bridgehead atoms. The molecule has 17 heavy (non-hydrogen) atoms. The number of aliphatic hydroxyl groups is 1. The van der Waals surface area contributed by atoms with Crippen LogP contribution in [0.4, 0.5) is 0 Å². The molecular weight excluding hydrogens is 300 g/mol. The minimum absolute atomic E-state index is 0.522. The summed E-state index contributed by atoms with van der Waals surface area (Å²) in [6.07, 6.45) is 1.62. The van der Waals surface area contributed by atoms with Crippen LogP contribution in [-0.4, -0.2) is 15.1 Å². The van der Waals surface area contributed by atoms with Gasteiger partial charge in [-0.15, -0.1) is 11.3 Å². The fraction of sp³-hybridized carbons (Fsp3) is 0.333. The van der Waals surface area contributed by atoms with E-state index < -0.39 is 6.10 Å². The van der Waals surface area contributed by atoms with Gasteiger partial charge in [0.25, 0.3) is 0 Å². The summed E-state index contributed by atoms with van der Waals surface area (Å²) >= 11 is 4.95. The Bertz CT molecular complexity index is 490. The largest absolute Gasteiger partial charge is 0.386 e. The molecule has 0 spiro atoms. The summed E-state index contributed by atoms with van der Waals surface area (Å²) in [5.41, 5.74) is 1.72. The summed E-state index contributed by atoms with van der Waals surface area (Å²) in [4.78, 5) is 9.80. The lowest BCUT2D eigenvalue weighted by molar-refractivity contribution is 0.173. The van der Waals surface area contributed by atoms with E-state index >= 15 is 0 Å². The summed E-state index contributed by atoms with van der Waals surface area (Å²) in [5.74, 6) is 0. The Hall–Kier alpha value is -0.780. The quantitative estimate of drug-likeness (QED) is 0.946. The van der Waals surface area contributed by atoms with Gasteiger partial charge in [-0.2, -0.15) is 0 Å². The number of halogens is 1. The Labute approximate surface area is 113 Å². The van der Waals surface area contributed by atoms with Crippen molar-refractivity contribution < 1.29 is 5.11 Å². The monoisotopic (exact) mass is 312 g/mol. The van der Waals surface area contributed by atoms with Crippen LogP contribution in [0, 0.1) is 13.8 Å². The molecule has 0 aliphatic heterocycles. The zero-order chi connectivity index (χ0) is 12.4. The first kappa shape index (κ1) is 12.7. The van der Waals surface area contributed by atoms with Gasteiger partial charge in [0.2, 0.25) is 0 Å². The van der Waals surface area contributed by atoms with Gasteiger partial charge in [-0.25, -0.2) is 4.98 Å². The molecular formula is C12H13BrN2OS. The van der Waals surface area contributed by atoms with E-state index in [0.29, 0.717) is 12.1 Å². The van der Waals surface area contributed by atoms with Crippen molar-refractivity contribution >= 4 is 27.3 Å². The molecule has 3 nitrogen and oxygen atoms in total. The second-order valence-electron chi connectivity index (χ2n) is 3.87. The van der Waals surface area contributed by atoms with E-state index in [9.17, 15) is 5.11 Å². The van der Waals surface area contributed by atoms with Crippen molar-refractivity contribution in [3.63, 3.8) is 0 Å². The molecule has 0 radical (unpaired) electrons. The summed E-state index contributed by atoms with van der Waals surface area (Å²) in [6.45, 7) is 4.03. The summed E-state index contributed by atoms with van der Waals surface area (Å²) in [6, 6.07) is 3.70. The summed E-state index contributed by atoms with van der Waals surface area (Å²) in [5, 5.41) is 11.0. The van der Waals surface area contributed by atoms with Gasteiger partial charge < -0.3 is 5.11 Å². The number of aromatic nitrogens is 2. The van der Waals surface area contributed by atoms with Crippen LogP contribution in [0.25, 0.3) is 0 Å². The van der Waals surface area contributed by atoms with Crippen molar-refractivity contribution in [3.05, 3.63) is 44.1 Å². The van der Waals surface area contributed by atoms with Gasteiger partial charge in [-0.3, -0.25) is 4.98 Å². The third-order valence-corrected chi connectivity index (χ3v) is 4.10. The fourth-order valence-corrected chi connectivity index (χ4v) is 2.69. The Kier molecular flexibility index (Phi) is 3.91. The van der Waals surface area contributed by atoms with E-state index in [-0.39, 0.29) is 0 Å². The summed E-state index contributed by atoms with van der Waals surface area (Å²) < 4.78 is 0.911. The van der Waals surface area contributed by atoms with Crippen LogP contribution in [0.3, 0.4) is 0 Å². The van der Waals surface area contributed by atoms with Crippen molar-refractivity contribution in [2.45, 2.75) is 26.4 Å². The highest BCUT2D eigenvalue weighted by Gasteiger charge is 2.13. The van der Waals surface area contributed by atoms with Gasteiger partial charge in [0.1, 0.15) is 6.10 Å². The van der Waals surface area contributed by atoms with Crippen LogP contribution in [0.15, 0.2) is 22.8 Å². The number of hydrogen-bond acceptors (Lipinski definition) is 4. The van der Waals surface area contributed by atoms with Crippen LogP contribution in [0.1, 0.15) is 27.4 Å². The van der Waals surface area contributed by atoms with E-state index in [1.807, 2.05) is 26.0 Å². The Balaban J connectivity index is 2.11. The average Bonchev–Trinajstić information content (AvgIpc) is 2.58. The van der Waals surface area contributed by atoms with E-state index in [0.717, 1.165) is 15.2 Å². The molecule has 2 rings (SSSR count).